The van der Waals surface area contributed by atoms with Gasteiger partial charge in [-0.25, -0.2) is 14.9 Å². The third kappa shape index (κ3) is 6.38. The van der Waals surface area contributed by atoms with E-state index in [1.807, 2.05) is 4.57 Å². The number of anilines is 2. The Bertz CT molecular complexity index is 1040. The number of nitrogens with zero attached hydrogens (tertiary/aromatic N) is 2. The molecule has 9 nitrogen and oxygen atoms in total. The van der Waals surface area contributed by atoms with E-state index in [9.17, 15) is 9.18 Å². The summed E-state index contributed by atoms with van der Waals surface area (Å²) in [5, 5.41) is 18.9. The molecule has 0 fully saturated rings. The van der Waals surface area contributed by atoms with E-state index in [1.165, 1.54) is 12.1 Å². The average molecular weight is 452 g/mol. The summed E-state index contributed by atoms with van der Waals surface area (Å²) in [5.41, 5.74) is 9.23. The molecular weight excluding hydrogens is 429 g/mol. The SMILES string of the molecule is NCCCCCn1c(Nc2cccc(C(=O)NO)c2)nc2cc(Cl)c(F)cc21.O=CO. The fourth-order valence-electron chi connectivity index (χ4n) is 2.96. The number of nitrogens with one attached hydrogen (secondary N) is 2. The second kappa shape index (κ2) is 11.8. The summed E-state index contributed by atoms with van der Waals surface area (Å²) in [6.45, 7) is 0.996. The predicted octanol–water partition coefficient (Wildman–Crippen LogP) is 3.52. The normalized spacial score (nSPS) is 10.3. The van der Waals surface area contributed by atoms with E-state index in [0.717, 1.165) is 19.3 Å². The van der Waals surface area contributed by atoms with Crippen LogP contribution in [0.5, 0.6) is 0 Å². The Morgan fingerprint density at radius 3 is 2.68 bits per heavy atom. The molecule has 0 spiro atoms. The zero-order valence-electron chi connectivity index (χ0n) is 16.5. The van der Waals surface area contributed by atoms with Gasteiger partial charge in [-0.05, 0) is 43.7 Å². The Morgan fingerprint density at radius 2 is 2.00 bits per heavy atom. The van der Waals surface area contributed by atoms with Crippen molar-refractivity contribution in [3.8, 4) is 0 Å². The molecule has 0 radical (unpaired) electrons. The van der Waals surface area contributed by atoms with Crippen LogP contribution in [-0.4, -0.2) is 38.8 Å². The minimum atomic E-state index is -0.618. The number of carbonyl (C=O) groups is 2. The summed E-state index contributed by atoms with van der Waals surface area (Å²) in [5.74, 6) is -0.621. The van der Waals surface area contributed by atoms with Gasteiger partial charge in [-0.15, -0.1) is 0 Å². The molecule has 6 N–H and O–H groups in total. The summed E-state index contributed by atoms with van der Waals surface area (Å²) in [6.07, 6.45) is 2.71. The highest BCUT2D eigenvalue weighted by Crippen LogP contribution is 2.28. The molecule has 11 heteroatoms. The van der Waals surface area contributed by atoms with E-state index < -0.39 is 11.7 Å². The van der Waals surface area contributed by atoms with Crippen molar-refractivity contribution in [3.05, 3.63) is 52.8 Å². The van der Waals surface area contributed by atoms with Crippen LogP contribution < -0.4 is 16.5 Å². The first kappa shape index (κ1) is 24.1. The number of carbonyl (C=O) groups excluding carboxylic acids is 1. The van der Waals surface area contributed by atoms with Crippen molar-refractivity contribution in [2.75, 3.05) is 11.9 Å². The average Bonchev–Trinajstić information content (AvgIpc) is 3.07. The maximum absolute atomic E-state index is 14.0. The number of unbranched alkanes of at least 4 members (excludes halogenated alkanes) is 2. The number of fused-ring (bicyclic) bond motifs is 1. The van der Waals surface area contributed by atoms with Gasteiger partial charge in [0, 0.05) is 23.9 Å². The van der Waals surface area contributed by atoms with Crippen LogP contribution in [0.1, 0.15) is 29.6 Å². The summed E-state index contributed by atoms with van der Waals surface area (Å²) in [7, 11) is 0. The number of hydrogen-bond donors (Lipinski definition) is 5. The molecule has 0 saturated carbocycles. The molecule has 0 aliphatic heterocycles. The molecule has 1 heterocycles. The van der Waals surface area contributed by atoms with Crippen LogP contribution in [0.15, 0.2) is 36.4 Å². The van der Waals surface area contributed by atoms with Gasteiger partial charge >= 0.3 is 0 Å². The molecule has 0 aliphatic rings. The monoisotopic (exact) mass is 451 g/mol. The van der Waals surface area contributed by atoms with Gasteiger partial charge in [-0.1, -0.05) is 24.1 Å². The van der Waals surface area contributed by atoms with Gasteiger partial charge in [-0.3, -0.25) is 14.8 Å². The number of imidazole rings is 1. The van der Waals surface area contributed by atoms with Crippen LogP contribution in [0.4, 0.5) is 16.0 Å². The van der Waals surface area contributed by atoms with E-state index in [4.69, 9.17) is 32.4 Å². The lowest BCUT2D eigenvalue weighted by Crippen LogP contribution is -2.18. The van der Waals surface area contributed by atoms with Gasteiger partial charge in [0.25, 0.3) is 12.4 Å². The summed E-state index contributed by atoms with van der Waals surface area (Å²) >= 11 is 5.90. The second-order valence-electron chi connectivity index (χ2n) is 6.44. The van der Waals surface area contributed by atoms with E-state index in [2.05, 4.69) is 10.3 Å². The molecule has 2 aromatic carbocycles. The van der Waals surface area contributed by atoms with Crippen molar-refractivity contribution in [1.29, 1.82) is 0 Å². The molecule has 0 atom stereocenters. The zero-order chi connectivity index (χ0) is 22.8. The van der Waals surface area contributed by atoms with Crippen LogP contribution >= 0.6 is 11.6 Å². The summed E-state index contributed by atoms with van der Waals surface area (Å²) < 4.78 is 15.9. The van der Waals surface area contributed by atoms with E-state index in [0.29, 0.717) is 35.8 Å². The van der Waals surface area contributed by atoms with E-state index in [-0.39, 0.29) is 17.1 Å². The number of aryl methyl sites for hydroxylation is 1. The highest BCUT2D eigenvalue weighted by Gasteiger charge is 2.14. The third-order valence-electron chi connectivity index (χ3n) is 4.36. The highest BCUT2D eigenvalue weighted by molar-refractivity contribution is 6.31. The molecule has 1 aromatic heterocycles. The Kier molecular flexibility index (Phi) is 9.19. The topological polar surface area (TPSA) is 142 Å². The quantitative estimate of drug-likeness (QED) is 0.152. The zero-order valence-corrected chi connectivity index (χ0v) is 17.3. The molecule has 1 amide bonds. The van der Waals surface area contributed by atoms with Gasteiger partial charge < -0.3 is 20.7 Å². The lowest BCUT2D eigenvalue weighted by atomic mass is 10.2. The van der Waals surface area contributed by atoms with Gasteiger partial charge in [0.2, 0.25) is 5.95 Å². The van der Waals surface area contributed by atoms with Gasteiger partial charge in [0.15, 0.2) is 0 Å². The lowest BCUT2D eigenvalue weighted by Gasteiger charge is -2.11. The minimum Gasteiger partial charge on any atom is -0.483 e. The Morgan fingerprint density at radius 1 is 1.26 bits per heavy atom. The molecular formula is C20H23ClFN5O4. The van der Waals surface area contributed by atoms with Crippen molar-refractivity contribution in [3.63, 3.8) is 0 Å². The van der Waals surface area contributed by atoms with Crippen molar-refractivity contribution >= 4 is 46.6 Å². The molecule has 0 bridgehead atoms. The number of benzene rings is 2. The maximum Gasteiger partial charge on any atom is 0.290 e. The fourth-order valence-corrected chi connectivity index (χ4v) is 3.12. The number of aromatic nitrogens is 2. The van der Waals surface area contributed by atoms with Crippen LogP contribution in [0, 0.1) is 5.82 Å². The second-order valence-corrected chi connectivity index (χ2v) is 6.85. The van der Waals surface area contributed by atoms with Gasteiger partial charge in [0.05, 0.1) is 16.1 Å². The van der Waals surface area contributed by atoms with Crippen LogP contribution in [0.25, 0.3) is 11.0 Å². The van der Waals surface area contributed by atoms with Crippen LogP contribution in [-0.2, 0) is 11.3 Å². The predicted molar refractivity (Wildman–Crippen MR) is 115 cm³/mol. The Labute approximate surface area is 182 Å². The van der Waals surface area contributed by atoms with Crippen LogP contribution in [0.2, 0.25) is 5.02 Å². The molecule has 0 aliphatic carbocycles. The largest absolute Gasteiger partial charge is 0.483 e. The van der Waals surface area contributed by atoms with Gasteiger partial charge in [0.1, 0.15) is 5.82 Å². The van der Waals surface area contributed by atoms with Crippen molar-refractivity contribution in [1.82, 2.24) is 15.0 Å². The standard InChI is InChI=1S/C19H21ClFN5O2.CH2O2/c20-14-10-16-17(11-15(14)21)26(8-3-1-2-7-22)19(24-16)23-13-6-4-5-12(9-13)18(27)25-28;2-1-3/h4-6,9-11,28H,1-3,7-8,22H2,(H,23,24)(H,25,27);1H,(H,2,3). The Hall–Kier alpha value is -3.21. The number of carboxylic acid groups (broad SMARTS) is 1. The summed E-state index contributed by atoms with van der Waals surface area (Å²) in [6, 6.07) is 9.45. The van der Waals surface area contributed by atoms with Crippen molar-refractivity contribution < 1.29 is 24.3 Å². The summed E-state index contributed by atoms with van der Waals surface area (Å²) in [4.78, 5) is 24.5. The maximum atomic E-state index is 14.0. The van der Waals surface area contributed by atoms with Crippen molar-refractivity contribution in [2.45, 2.75) is 25.8 Å². The van der Waals surface area contributed by atoms with E-state index >= 15 is 0 Å². The molecule has 0 saturated heterocycles. The minimum absolute atomic E-state index is 0.00782. The molecule has 3 aromatic rings. The third-order valence-corrected chi connectivity index (χ3v) is 4.65. The van der Waals surface area contributed by atoms with Crippen molar-refractivity contribution in [2.24, 2.45) is 5.73 Å². The number of hydroxylamine groups is 1. The van der Waals surface area contributed by atoms with E-state index in [1.54, 1.807) is 29.7 Å². The molecule has 3 rings (SSSR count). The van der Waals surface area contributed by atoms with Crippen LogP contribution in [0.3, 0.4) is 0 Å². The number of halogens is 2. The number of hydrogen-bond acceptors (Lipinski definition) is 6. The number of rotatable bonds is 8. The van der Waals surface area contributed by atoms with Gasteiger partial charge in [-0.2, -0.15) is 0 Å². The smallest absolute Gasteiger partial charge is 0.290 e. The fraction of sp³-hybridized carbons (Fsp3) is 0.250. The first-order valence-corrected chi connectivity index (χ1v) is 9.77. The molecule has 0 unspecified atom stereocenters. The lowest BCUT2D eigenvalue weighted by molar-refractivity contribution is -0.122. The number of amides is 1. The Balaban J connectivity index is 0.00000107. The molecule has 166 valence electrons. The first-order valence-electron chi connectivity index (χ1n) is 9.39. The molecule has 31 heavy (non-hydrogen) atoms. The number of nitrogens with two attached hydrogens (primary N) is 1. The highest BCUT2D eigenvalue weighted by atomic mass is 35.5. The first-order chi connectivity index (χ1) is 14.9.